The minimum atomic E-state index is 0.478. The van der Waals surface area contributed by atoms with E-state index >= 15 is 0 Å². The highest BCUT2D eigenvalue weighted by Gasteiger charge is 2.07. The monoisotopic (exact) mass is 262 g/mol. The number of methoxy groups -OCH3 is 1. The molecule has 1 nitrogen and oxygen atoms in total. The Morgan fingerprint density at radius 3 is 2.77 bits per heavy atom. The Morgan fingerprint density at radius 2 is 2.23 bits per heavy atom. The highest BCUT2D eigenvalue weighted by atomic mass is 79.9. The van der Waals surface area contributed by atoms with Crippen molar-refractivity contribution >= 4 is 27.5 Å². The van der Waals surface area contributed by atoms with Gasteiger partial charge in [0.25, 0.3) is 0 Å². The molecule has 72 valence electrons. The van der Waals surface area contributed by atoms with E-state index < -0.39 is 0 Å². The summed E-state index contributed by atoms with van der Waals surface area (Å²) in [6, 6.07) is 5.87. The predicted octanol–water partition coefficient (Wildman–Crippen LogP) is 3.85. The van der Waals surface area contributed by atoms with Gasteiger partial charge in [-0.05, 0) is 23.6 Å². The predicted molar refractivity (Wildman–Crippen MR) is 60.2 cm³/mol. The van der Waals surface area contributed by atoms with Crippen LogP contribution in [-0.4, -0.2) is 12.4 Å². The Morgan fingerprint density at radius 1 is 1.54 bits per heavy atom. The highest BCUT2D eigenvalue weighted by Crippen LogP contribution is 2.28. The Hall–Kier alpha value is -0.210. The van der Waals surface area contributed by atoms with Crippen LogP contribution < -0.4 is 4.74 Å². The first kappa shape index (κ1) is 10.9. The molecule has 1 atom stereocenters. The van der Waals surface area contributed by atoms with Crippen molar-refractivity contribution in [2.75, 3.05) is 12.4 Å². The zero-order valence-corrected chi connectivity index (χ0v) is 10.0. The van der Waals surface area contributed by atoms with E-state index in [1.165, 1.54) is 5.56 Å². The van der Waals surface area contributed by atoms with Crippen molar-refractivity contribution < 1.29 is 4.74 Å². The third-order valence-corrected chi connectivity index (χ3v) is 3.26. The van der Waals surface area contributed by atoms with E-state index in [0.717, 1.165) is 11.1 Å². The lowest BCUT2D eigenvalue weighted by Gasteiger charge is -2.10. The average molecular weight is 264 g/mol. The van der Waals surface area contributed by atoms with Gasteiger partial charge in [0.1, 0.15) is 5.75 Å². The zero-order valence-electron chi connectivity index (χ0n) is 7.68. The van der Waals surface area contributed by atoms with E-state index in [1.54, 1.807) is 7.11 Å². The van der Waals surface area contributed by atoms with Crippen molar-refractivity contribution in [1.29, 1.82) is 0 Å². The maximum absolute atomic E-state index is 5.91. The van der Waals surface area contributed by atoms with Crippen molar-refractivity contribution in [3.8, 4) is 5.75 Å². The first-order chi connectivity index (χ1) is 6.19. The van der Waals surface area contributed by atoms with Crippen molar-refractivity contribution in [1.82, 2.24) is 0 Å². The molecule has 0 N–H and O–H groups in total. The SMILES string of the molecule is COc1cc(C(C)CBr)ccc1Cl. The number of hydrogen-bond acceptors (Lipinski definition) is 1. The average Bonchev–Trinajstić information content (AvgIpc) is 2.17. The van der Waals surface area contributed by atoms with Crippen LogP contribution in [0.1, 0.15) is 18.4 Å². The molecule has 0 saturated heterocycles. The summed E-state index contributed by atoms with van der Waals surface area (Å²) in [6.45, 7) is 2.15. The minimum absolute atomic E-state index is 0.478. The van der Waals surface area contributed by atoms with Gasteiger partial charge in [-0.25, -0.2) is 0 Å². The van der Waals surface area contributed by atoms with Crippen LogP contribution in [0.2, 0.25) is 5.02 Å². The maximum Gasteiger partial charge on any atom is 0.137 e. The normalized spacial score (nSPS) is 12.6. The molecule has 1 aromatic carbocycles. The summed E-state index contributed by atoms with van der Waals surface area (Å²) in [5, 5.41) is 1.60. The van der Waals surface area contributed by atoms with Gasteiger partial charge in [0, 0.05) is 5.33 Å². The van der Waals surface area contributed by atoms with E-state index in [0.29, 0.717) is 10.9 Å². The minimum Gasteiger partial charge on any atom is -0.495 e. The third kappa shape index (κ3) is 2.61. The lowest BCUT2D eigenvalue weighted by atomic mass is 10.0. The van der Waals surface area contributed by atoms with E-state index in [9.17, 15) is 0 Å². The summed E-state index contributed by atoms with van der Waals surface area (Å²) in [5.74, 6) is 1.22. The number of halogens is 2. The van der Waals surface area contributed by atoms with Crippen LogP contribution in [0.4, 0.5) is 0 Å². The molecule has 1 rings (SSSR count). The number of ether oxygens (including phenoxy) is 1. The molecule has 0 amide bonds. The molecule has 0 aliphatic carbocycles. The molecule has 0 aliphatic heterocycles. The van der Waals surface area contributed by atoms with Gasteiger partial charge >= 0.3 is 0 Å². The van der Waals surface area contributed by atoms with Gasteiger partial charge in [0.15, 0.2) is 0 Å². The quantitative estimate of drug-likeness (QED) is 0.753. The number of benzene rings is 1. The largest absolute Gasteiger partial charge is 0.495 e. The second kappa shape index (κ2) is 4.87. The van der Waals surface area contributed by atoms with Gasteiger partial charge in [-0.15, -0.1) is 0 Å². The molecule has 3 heteroatoms. The molecule has 0 aromatic heterocycles. The summed E-state index contributed by atoms with van der Waals surface area (Å²) < 4.78 is 5.13. The number of alkyl halides is 1. The van der Waals surface area contributed by atoms with Crippen molar-refractivity contribution in [2.45, 2.75) is 12.8 Å². The molecule has 1 unspecified atom stereocenters. The molecule has 0 saturated carbocycles. The van der Waals surface area contributed by atoms with Gasteiger partial charge in [-0.3, -0.25) is 0 Å². The van der Waals surface area contributed by atoms with Crippen molar-refractivity contribution in [3.63, 3.8) is 0 Å². The molecule has 1 aromatic rings. The zero-order chi connectivity index (χ0) is 9.84. The van der Waals surface area contributed by atoms with Gasteiger partial charge < -0.3 is 4.74 Å². The standard InChI is InChI=1S/C10H12BrClO/c1-7(6-11)8-3-4-9(12)10(5-8)13-2/h3-5,7H,6H2,1-2H3. The molecular formula is C10H12BrClO. The Balaban J connectivity index is 2.99. The molecule has 0 fully saturated rings. The first-order valence-corrected chi connectivity index (χ1v) is 5.58. The van der Waals surface area contributed by atoms with Crippen molar-refractivity contribution in [2.24, 2.45) is 0 Å². The second-order valence-corrected chi connectivity index (χ2v) is 4.00. The fourth-order valence-corrected chi connectivity index (χ4v) is 1.64. The smallest absolute Gasteiger partial charge is 0.137 e. The van der Waals surface area contributed by atoms with Crippen LogP contribution in [-0.2, 0) is 0 Å². The molecule has 0 spiro atoms. The fourth-order valence-electron chi connectivity index (χ4n) is 1.07. The van der Waals surface area contributed by atoms with Gasteiger partial charge in [0.2, 0.25) is 0 Å². The van der Waals surface area contributed by atoms with E-state index in [2.05, 4.69) is 22.9 Å². The number of hydrogen-bond donors (Lipinski definition) is 0. The van der Waals surface area contributed by atoms with E-state index in [-0.39, 0.29) is 0 Å². The van der Waals surface area contributed by atoms with Crippen LogP contribution in [0.3, 0.4) is 0 Å². The Bertz CT molecular complexity index is 288. The van der Waals surface area contributed by atoms with Crippen LogP contribution in [0.15, 0.2) is 18.2 Å². The summed E-state index contributed by atoms with van der Waals surface area (Å²) >= 11 is 9.35. The fraction of sp³-hybridized carbons (Fsp3) is 0.400. The number of rotatable bonds is 3. The molecule has 0 bridgehead atoms. The van der Waals surface area contributed by atoms with E-state index in [1.807, 2.05) is 18.2 Å². The molecule has 0 heterocycles. The molecule has 0 aliphatic rings. The maximum atomic E-state index is 5.91. The summed E-state index contributed by atoms with van der Waals surface area (Å²) in [6.07, 6.45) is 0. The molecular weight excluding hydrogens is 251 g/mol. The van der Waals surface area contributed by atoms with Crippen molar-refractivity contribution in [3.05, 3.63) is 28.8 Å². The lowest BCUT2D eigenvalue weighted by molar-refractivity contribution is 0.414. The van der Waals surface area contributed by atoms with E-state index in [4.69, 9.17) is 16.3 Å². The second-order valence-electron chi connectivity index (χ2n) is 2.95. The summed E-state index contributed by atoms with van der Waals surface area (Å²) in [5.41, 5.74) is 1.23. The van der Waals surface area contributed by atoms with Gasteiger partial charge in [-0.1, -0.05) is 40.5 Å². The van der Waals surface area contributed by atoms with Crippen LogP contribution in [0, 0.1) is 0 Å². The van der Waals surface area contributed by atoms with Gasteiger partial charge in [0.05, 0.1) is 12.1 Å². The van der Waals surface area contributed by atoms with Gasteiger partial charge in [-0.2, -0.15) is 0 Å². The van der Waals surface area contributed by atoms with Crippen LogP contribution in [0.25, 0.3) is 0 Å². The first-order valence-electron chi connectivity index (χ1n) is 4.08. The molecule has 0 radical (unpaired) electrons. The summed E-state index contributed by atoms with van der Waals surface area (Å²) in [7, 11) is 1.63. The van der Waals surface area contributed by atoms with Crippen LogP contribution >= 0.6 is 27.5 Å². The lowest BCUT2D eigenvalue weighted by Crippen LogP contribution is -1.95. The summed E-state index contributed by atoms with van der Waals surface area (Å²) in [4.78, 5) is 0. The topological polar surface area (TPSA) is 9.23 Å². The van der Waals surface area contributed by atoms with Crippen LogP contribution in [0.5, 0.6) is 5.75 Å². The Labute approximate surface area is 92.2 Å². The third-order valence-electron chi connectivity index (χ3n) is 1.98. The Kier molecular flexibility index (Phi) is 4.07. The highest BCUT2D eigenvalue weighted by molar-refractivity contribution is 9.09. The molecule has 13 heavy (non-hydrogen) atoms.